The number of fused-ring (bicyclic) bond motifs is 1. The van der Waals surface area contributed by atoms with Crippen LogP contribution in [0.2, 0.25) is 0 Å². The van der Waals surface area contributed by atoms with E-state index in [0.29, 0.717) is 16.0 Å². The highest BCUT2D eigenvalue weighted by atomic mass is 32.1. The van der Waals surface area contributed by atoms with Crippen molar-refractivity contribution in [2.24, 2.45) is 0 Å². The van der Waals surface area contributed by atoms with Crippen molar-refractivity contribution in [3.63, 3.8) is 0 Å². The van der Waals surface area contributed by atoms with E-state index in [1.165, 1.54) is 6.07 Å². The molecule has 14 heavy (non-hydrogen) atoms. The van der Waals surface area contributed by atoms with E-state index in [1.807, 2.05) is 0 Å². The monoisotopic (exact) mass is 208 g/mol. The van der Waals surface area contributed by atoms with Crippen molar-refractivity contribution in [3.05, 3.63) is 34.0 Å². The smallest absolute Gasteiger partial charge is 0.137 e. The molecule has 2 aromatic rings. The zero-order chi connectivity index (χ0) is 10.3. The summed E-state index contributed by atoms with van der Waals surface area (Å²) in [6.07, 6.45) is 0. The summed E-state index contributed by atoms with van der Waals surface area (Å²) in [4.78, 5) is 7.13. The second-order valence-electron chi connectivity index (χ2n) is 3.22. The number of aromatic nitrogens is 2. The zero-order valence-electron chi connectivity index (χ0n) is 7.89. The van der Waals surface area contributed by atoms with Gasteiger partial charge in [0.2, 0.25) is 0 Å². The van der Waals surface area contributed by atoms with E-state index in [-0.39, 0.29) is 5.82 Å². The first-order valence-corrected chi connectivity index (χ1v) is 4.66. The predicted octanol–water partition coefficient (Wildman–Crippen LogP) is 3.05. The van der Waals surface area contributed by atoms with E-state index in [2.05, 4.69) is 9.97 Å². The number of hydrogen-bond donors (Lipinski definition) is 1. The molecule has 2 rings (SSSR count). The molecule has 0 saturated heterocycles. The van der Waals surface area contributed by atoms with E-state index in [0.717, 1.165) is 10.9 Å². The number of halogens is 1. The van der Waals surface area contributed by atoms with Crippen LogP contribution >= 0.6 is 12.2 Å². The average molecular weight is 208 g/mol. The average Bonchev–Trinajstić information content (AvgIpc) is 2.12. The van der Waals surface area contributed by atoms with Gasteiger partial charge in [0.05, 0.1) is 5.52 Å². The molecule has 0 amide bonds. The van der Waals surface area contributed by atoms with Crippen LogP contribution in [0, 0.1) is 24.3 Å². The number of aryl methyl sites for hydroxylation is 2. The normalized spacial score (nSPS) is 10.8. The van der Waals surface area contributed by atoms with E-state index >= 15 is 0 Å². The molecule has 0 bridgehead atoms. The molecule has 4 heteroatoms. The first-order chi connectivity index (χ1) is 6.59. The number of benzene rings is 1. The molecule has 1 aromatic carbocycles. The van der Waals surface area contributed by atoms with Crippen molar-refractivity contribution >= 4 is 23.1 Å². The Morgan fingerprint density at radius 1 is 1.36 bits per heavy atom. The third-order valence-electron chi connectivity index (χ3n) is 2.20. The Labute approximate surface area is 85.8 Å². The Morgan fingerprint density at radius 3 is 2.79 bits per heavy atom. The minimum Gasteiger partial charge on any atom is -0.343 e. The molecule has 0 atom stereocenters. The number of rotatable bonds is 0. The van der Waals surface area contributed by atoms with Gasteiger partial charge in [-0.2, -0.15) is 0 Å². The highest BCUT2D eigenvalue weighted by Gasteiger charge is 2.05. The largest absolute Gasteiger partial charge is 0.343 e. The molecule has 0 spiro atoms. The van der Waals surface area contributed by atoms with Crippen LogP contribution in [0.1, 0.15) is 11.4 Å². The second-order valence-corrected chi connectivity index (χ2v) is 3.61. The number of nitrogens with one attached hydrogen (secondary N) is 1. The molecule has 1 heterocycles. The minimum absolute atomic E-state index is 0.228. The topological polar surface area (TPSA) is 28.7 Å². The van der Waals surface area contributed by atoms with E-state index in [9.17, 15) is 4.39 Å². The third-order valence-corrected chi connectivity index (χ3v) is 2.52. The van der Waals surface area contributed by atoms with Gasteiger partial charge in [-0.15, -0.1) is 0 Å². The van der Waals surface area contributed by atoms with Gasteiger partial charge in [-0.1, -0.05) is 12.2 Å². The number of aromatic amines is 1. The summed E-state index contributed by atoms with van der Waals surface area (Å²) < 4.78 is 13.8. The molecule has 0 unspecified atom stereocenters. The summed E-state index contributed by atoms with van der Waals surface area (Å²) >= 11 is 5.09. The Bertz CT molecular complexity index is 560. The van der Waals surface area contributed by atoms with Crippen LogP contribution in [0.3, 0.4) is 0 Å². The van der Waals surface area contributed by atoms with Crippen LogP contribution < -0.4 is 0 Å². The van der Waals surface area contributed by atoms with Crippen molar-refractivity contribution in [1.82, 2.24) is 9.97 Å². The van der Waals surface area contributed by atoms with Gasteiger partial charge in [0.25, 0.3) is 0 Å². The quantitative estimate of drug-likeness (QED) is 0.674. The molecule has 1 aromatic heterocycles. The number of nitrogens with zero attached hydrogens (tertiary/aromatic N) is 1. The van der Waals surface area contributed by atoms with Gasteiger partial charge >= 0.3 is 0 Å². The van der Waals surface area contributed by atoms with Gasteiger partial charge in [-0.25, -0.2) is 9.37 Å². The standard InChI is InChI=1S/C10H9FN2S/c1-5-8(11)4-3-7-9(5)12-6(2)13-10(7)14/h3-4H,1-2H3,(H,12,13,14). The first-order valence-electron chi connectivity index (χ1n) is 4.25. The molecule has 0 radical (unpaired) electrons. The van der Waals surface area contributed by atoms with Crippen molar-refractivity contribution < 1.29 is 4.39 Å². The van der Waals surface area contributed by atoms with E-state index < -0.39 is 0 Å². The maximum atomic E-state index is 13.2. The van der Waals surface area contributed by atoms with Crippen molar-refractivity contribution in [2.45, 2.75) is 13.8 Å². The molecular formula is C10H9FN2S. The Morgan fingerprint density at radius 2 is 2.07 bits per heavy atom. The number of H-pyrrole nitrogens is 1. The molecule has 1 N–H and O–H groups in total. The van der Waals surface area contributed by atoms with Crippen LogP contribution in [0.5, 0.6) is 0 Å². The van der Waals surface area contributed by atoms with E-state index in [1.54, 1.807) is 19.9 Å². The maximum absolute atomic E-state index is 13.2. The summed E-state index contributed by atoms with van der Waals surface area (Å²) in [5.74, 6) is 0.477. The van der Waals surface area contributed by atoms with Crippen molar-refractivity contribution in [3.8, 4) is 0 Å². The lowest BCUT2D eigenvalue weighted by Crippen LogP contribution is -1.94. The summed E-state index contributed by atoms with van der Waals surface area (Å²) in [5.41, 5.74) is 1.32. The summed E-state index contributed by atoms with van der Waals surface area (Å²) in [6, 6.07) is 3.07. The molecule has 0 saturated carbocycles. The highest BCUT2D eigenvalue weighted by molar-refractivity contribution is 7.71. The van der Waals surface area contributed by atoms with Gasteiger partial charge in [-0.3, -0.25) is 0 Å². The zero-order valence-corrected chi connectivity index (χ0v) is 8.70. The molecule has 72 valence electrons. The third kappa shape index (κ3) is 1.32. The summed E-state index contributed by atoms with van der Waals surface area (Å²) in [6.45, 7) is 3.53. The molecule has 0 aliphatic heterocycles. The number of hydrogen-bond acceptors (Lipinski definition) is 2. The minimum atomic E-state index is -0.228. The van der Waals surface area contributed by atoms with Gasteiger partial charge in [0, 0.05) is 10.9 Å². The van der Waals surface area contributed by atoms with Crippen LogP contribution in [-0.4, -0.2) is 9.97 Å². The summed E-state index contributed by atoms with van der Waals surface area (Å²) in [7, 11) is 0. The van der Waals surface area contributed by atoms with Crippen LogP contribution in [0.15, 0.2) is 12.1 Å². The molecular weight excluding hydrogens is 199 g/mol. The fourth-order valence-corrected chi connectivity index (χ4v) is 1.75. The van der Waals surface area contributed by atoms with Gasteiger partial charge in [0.15, 0.2) is 0 Å². The SMILES string of the molecule is Cc1nc(=S)c2ccc(F)c(C)c2[nH]1. The van der Waals surface area contributed by atoms with E-state index in [4.69, 9.17) is 12.2 Å². The van der Waals surface area contributed by atoms with Crippen LogP contribution in [0.4, 0.5) is 4.39 Å². The first kappa shape index (κ1) is 9.27. The lowest BCUT2D eigenvalue weighted by molar-refractivity contribution is 0.620. The van der Waals surface area contributed by atoms with Crippen molar-refractivity contribution in [1.29, 1.82) is 0 Å². The molecule has 0 fully saturated rings. The Hall–Kier alpha value is -1.29. The lowest BCUT2D eigenvalue weighted by Gasteiger charge is -2.04. The maximum Gasteiger partial charge on any atom is 0.137 e. The van der Waals surface area contributed by atoms with Crippen LogP contribution in [-0.2, 0) is 0 Å². The highest BCUT2D eigenvalue weighted by Crippen LogP contribution is 2.19. The van der Waals surface area contributed by atoms with Gasteiger partial charge in [0.1, 0.15) is 16.3 Å². The lowest BCUT2D eigenvalue weighted by atomic mass is 10.1. The Balaban J connectivity index is 3.03. The molecule has 0 aliphatic rings. The molecule has 2 nitrogen and oxygen atoms in total. The fourth-order valence-electron chi connectivity index (χ4n) is 1.45. The Kier molecular flexibility index (Phi) is 2.07. The predicted molar refractivity (Wildman–Crippen MR) is 56.4 cm³/mol. The van der Waals surface area contributed by atoms with Gasteiger partial charge in [-0.05, 0) is 26.0 Å². The van der Waals surface area contributed by atoms with Crippen molar-refractivity contribution in [2.75, 3.05) is 0 Å². The second kappa shape index (κ2) is 3.13. The van der Waals surface area contributed by atoms with Gasteiger partial charge < -0.3 is 4.98 Å². The van der Waals surface area contributed by atoms with Crippen LogP contribution in [0.25, 0.3) is 10.9 Å². The summed E-state index contributed by atoms with van der Waals surface area (Å²) in [5, 5.41) is 0.796. The molecule has 0 aliphatic carbocycles. The fraction of sp³-hybridized carbons (Fsp3) is 0.200.